The number of nitrogens with one attached hydrogen (secondary N) is 1. The van der Waals surface area contributed by atoms with E-state index in [-0.39, 0.29) is 0 Å². The number of hydrogen-bond donors (Lipinski definition) is 2. The minimum absolute atomic E-state index is 0.669. The van der Waals surface area contributed by atoms with Crippen molar-refractivity contribution in [3.63, 3.8) is 0 Å². The molecule has 2 atom stereocenters. The van der Waals surface area contributed by atoms with Crippen molar-refractivity contribution < 1.29 is 25.8 Å². The maximum atomic E-state index is 9.24. The van der Waals surface area contributed by atoms with Gasteiger partial charge in [0, 0.05) is 0 Å². The van der Waals surface area contributed by atoms with E-state index in [1.807, 2.05) is 0 Å². The van der Waals surface area contributed by atoms with Crippen LogP contribution in [0.5, 0.6) is 0 Å². The Labute approximate surface area is 48.9 Å². The van der Waals surface area contributed by atoms with Gasteiger partial charge in [-0.15, -0.1) is 0 Å². The van der Waals surface area contributed by atoms with Crippen molar-refractivity contribution >= 4 is 18.9 Å². The van der Waals surface area contributed by atoms with Crippen LogP contribution < -0.4 is 3.83 Å². The van der Waals surface area contributed by atoms with Gasteiger partial charge in [-0.3, -0.25) is 0 Å². The van der Waals surface area contributed by atoms with E-state index in [0.29, 0.717) is 0 Å². The molecule has 0 saturated carbocycles. The molecule has 3 nitrogen and oxygen atoms in total. The quantitative estimate of drug-likeness (QED) is 0.458. The zero-order valence-corrected chi connectivity index (χ0v) is 6.79. The van der Waals surface area contributed by atoms with Gasteiger partial charge in [0.25, 0.3) is 0 Å². The SMILES string of the molecule is OP.[O]=[Rh][NH]P. The van der Waals surface area contributed by atoms with Crippen LogP contribution in [0, 0.1) is 0 Å². The monoisotopic (exact) mass is 217 g/mol. The Bertz CT molecular complexity index is 25.5. The Balaban J connectivity index is 0. The summed E-state index contributed by atoms with van der Waals surface area (Å²) in [6, 6.07) is 0. The molecule has 0 aromatic carbocycles. The summed E-state index contributed by atoms with van der Waals surface area (Å²) in [6.07, 6.45) is 0. The van der Waals surface area contributed by atoms with Gasteiger partial charge < -0.3 is 4.89 Å². The van der Waals surface area contributed by atoms with Gasteiger partial charge in [0.2, 0.25) is 0 Å². The summed E-state index contributed by atoms with van der Waals surface area (Å²) in [4.78, 5) is 6.92. The van der Waals surface area contributed by atoms with Crippen LogP contribution in [0.3, 0.4) is 0 Å². The first kappa shape index (κ1) is 10.2. The third-order valence-electron chi connectivity index (χ3n) is 0.0393. The van der Waals surface area contributed by atoms with Crippen LogP contribution in [0.4, 0.5) is 0 Å². The van der Waals surface area contributed by atoms with Gasteiger partial charge in [0.15, 0.2) is 0 Å². The van der Waals surface area contributed by atoms with Crippen LogP contribution in [0.1, 0.15) is 0 Å². The fourth-order valence-electron chi connectivity index (χ4n) is 0. The van der Waals surface area contributed by atoms with Gasteiger partial charge in [-0.25, -0.2) is 0 Å². The van der Waals surface area contributed by atoms with E-state index in [9.17, 15) is 3.57 Å². The molecule has 0 bridgehead atoms. The van der Waals surface area contributed by atoms with E-state index in [1.165, 1.54) is 9.47 Å². The summed E-state index contributed by atoms with van der Waals surface area (Å²) >= 11 is -0.669. The first-order valence-corrected chi connectivity index (χ1v) is 3.43. The molecular formula is H6NO2P2Rh. The Morgan fingerprint density at radius 1 is 1.67 bits per heavy atom. The zero-order valence-electron chi connectivity index (χ0n) is 2.84. The number of rotatable bonds is 1. The van der Waals surface area contributed by atoms with Crippen molar-refractivity contribution in [2.75, 3.05) is 0 Å². The summed E-state index contributed by atoms with van der Waals surface area (Å²) in [7, 11) is 3.54. The van der Waals surface area contributed by atoms with Crippen LogP contribution in [0.15, 0.2) is 0 Å². The summed E-state index contributed by atoms with van der Waals surface area (Å²) in [5.74, 6) is 0. The molecule has 0 amide bonds. The van der Waals surface area contributed by atoms with Crippen molar-refractivity contribution in [1.82, 2.24) is 3.83 Å². The molecule has 0 aliphatic heterocycles. The van der Waals surface area contributed by atoms with Crippen LogP contribution in [-0.2, 0) is 20.9 Å². The summed E-state index contributed by atoms with van der Waals surface area (Å²) < 4.78 is 11.6. The average molecular weight is 217 g/mol. The molecule has 2 N–H and O–H groups in total. The van der Waals surface area contributed by atoms with Crippen molar-refractivity contribution in [3.8, 4) is 0 Å². The topological polar surface area (TPSA) is 49.3 Å². The van der Waals surface area contributed by atoms with Crippen molar-refractivity contribution in [2.24, 2.45) is 0 Å². The second-order valence-corrected chi connectivity index (χ2v) is 2.11. The molecule has 6 heavy (non-hydrogen) atoms. The van der Waals surface area contributed by atoms with Crippen LogP contribution in [0.25, 0.3) is 0 Å². The standard InChI is InChI=1S/H3NP.H3OP.O.Rh/c2*1-2;;/h2*1H,2H2;;/q-1;;;+1. The fourth-order valence-corrected chi connectivity index (χ4v) is 0. The molecule has 42 valence electrons. The third kappa shape index (κ3) is 18.9. The summed E-state index contributed by atoms with van der Waals surface area (Å²) in [6.45, 7) is 0. The Morgan fingerprint density at radius 2 is 1.83 bits per heavy atom. The molecule has 0 aliphatic carbocycles. The summed E-state index contributed by atoms with van der Waals surface area (Å²) in [5, 5.41) is 0. The van der Waals surface area contributed by atoms with Crippen molar-refractivity contribution in [1.29, 1.82) is 0 Å². The van der Waals surface area contributed by atoms with E-state index in [4.69, 9.17) is 4.89 Å². The second kappa shape index (κ2) is 16.4. The molecule has 6 heteroatoms. The third-order valence-corrected chi connectivity index (χ3v) is 0.697. The molecule has 0 aromatic rings. The van der Waals surface area contributed by atoms with Crippen LogP contribution >= 0.6 is 18.9 Å². The maximum absolute atomic E-state index is 9.24. The summed E-state index contributed by atoms with van der Waals surface area (Å²) in [5.41, 5.74) is 0. The predicted octanol–water partition coefficient (Wildman–Crippen LogP) is -0.522. The minimum atomic E-state index is -0.669. The second-order valence-electron chi connectivity index (χ2n) is 0.164. The molecular weight excluding hydrogens is 211 g/mol. The van der Waals surface area contributed by atoms with Gasteiger partial charge in [-0.1, -0.05) is 0 Å². The zero-order chi connectivity index (χ0) is 5.41. The Morgan fingerprint density at radius 3 is 1.83 bits per heavy atom. The van der Waals surface area contributed by atoms with Gasteiger partial charge in [-0.2, -0.15) is 0 Å². The van der Waals surface area contributed by atoms with Gasteiger partial charge >= 0.3 is 34.1 Å². The van der Waals surface area contributed by atoms with E-state index in [1.54, 1.807) is 0 Å². The first-order chi connectivity index (χ1) is 2.91. The molecule has 0 rings (SSSR count). The Kier molecular flexibility index (Phi) is 27.9. The van der Waals surface area contributed by atoms with E-state index < -0.39 is 17.3 Å². The average Bonchev–Trinajstić information content (AvgIpc) is 1.72. The molecule has 0 heterocycles. The van der Waals surface area contributed by atoms with Gasteiger partial charge in [-0.05, 0) is 9.47 Å². The molecule has 0 radical (unpaired) electrons. The first-order valence-electron chi connectivity index (χ1n) is 0.850. The molecule has 0 saturated heterocycles. The molecule has 0 fully saturated rings. The fraction of sp³-hybridized carbons (Fsp3) is 0. The van der Waals surface area contributed by atoms with E-state index in [0.717, 1.165) is 0 Å². The predicted molar refractivity (Wildman–Crippen MR) is 25.5 cm³/mol. The Hall–Kier alpha value is 1.20. The van der Waals surface area contributed by atoms with Crippen LogP contribution in [0.2, 0.25) is 0 Å². The van der Waals surface area contributed by atoms with E-state index >= 15 is 0 Å². The normalized spacial score (nSPS) is 6.50. The molecule has 2 unspecified atom stereocenters. The van der Waals surface area contributed by atoms with Gasteiger partial charge in [0.1, 0.15) is 0 Å². The van der Waals surface area contributed by atoms with Crippen molar-refractivity contribution in [2.45, 2.75) is 0 Å². The molecule has 0 aliphatic rings. The molecule has 0 spiro atoms. The van der Waals surface area contributed by atoms with Crippen molar-refractivity contribution in [3.05, 3.63) is 0 Å². The van der Waals surface area contributed by atoms with E-state index in [2.05, 4.69) is 13.2 Å². The van der Waals surface area contributed by atoms with Gasteiger partial charge in [0.05, 0.1) is 0 Å². The van der Waals surface area contributed by atoms with Crippen LogP contribution in [-0.4, -0.2) is 4.89 Å². The molecule has 0 aromatic heterocycles. The number of hydrogen-bond acceptors (Lipinski definition) is 2.